The number of carbonyl (C=O) groups excluding carboxylic acids is 2. The number of halogens is 3. The Hall–Kier alpha value is -2.43. The maximum absolute atomic E-state index is 13.3. The zero-order valence-corrected chi connectivity index (χ0v) is 29.6. The van der Waals surface area contributed by atoms with E-state index in [0.29, 0.717) is 32.0 Å². The quantitative estimate of drug-likeness (QED) is 0.194. The summed E-state index contributed by atoms with van der Waals surface area (Å²) in [5.74, 6) is 0.634. The van der Waals surface area contributed by atoms with Crippen molar-refractivity contribution in [1.82, 2.24) is 14.9 Å². The van der Waals surface area contributed by atoms with Crippen LogP contribution in [0.4, 0.5) is 18.0 Å². The van der Waals surface area contributed by atoms with Crippen molar-refractivity contribution in [3.8, 4) is 0 Å². The van der Waals surface area contributed by atoms with E-state index in [-0.39, 0.29) is 53.6 Å². The maximum Gasteiger partial charge on any atom is 0.416 e. The molecule has 4 atom stereocenters. The van der Waals surface area contributed by atoms with Crippen molar-refractivity contribution in [2.45, 2.75) is 105 Å². The van der Waals surface area contributed by atoms with E-state index in [9.17, 15) is 27.9 Å². The van der Waals surface area contributed by atoms with Crippen LogP contribution in [0.15, 0.2) is 35.9 Å². The largest absolute Gasteiger partial charge is 0.444 e. The van der Waals surface area contributed by atoms with Crippen molar-refractivity contribution in [3.05, 3.63) is 47.0 Å². The molecule has 7 nitrogen and oxygen atoms in total. The summed E-state index contributed by atoms with van der Waals surface area (Å²) in [6, 6.07) is 5.56. The summed E-state index contributed by atoms with van der Waals surface area (Å²) in [7, 11) is 2.06. The Balaban J connectivity index is 1.50. The second kappa shape index (κ2) is 14.6. The van der Waals surface area contributed by atoms with Crippen molar-refractivity contribution in [2.24, 2.45) is 35.0 Å². The Morgan fingerprint density at radius 1 is 1.09 bits per heavy atom. The number of amides is 1. The number of carbonyl (C=O) groups is 2. The molecule has 10 heteroatoms. The van der Waals surface area contributed by atoms with Gasteiger partial charge < -0.3 is 14.7 Å². The molecule has 1 aromatic carbocycles. The van der Waals surface area contributed by atoms with E-state index < -0.39 is 17.3 Å². The van der Waals surface area contributed by atoms with E-state index in [4.69, 9.17) is 4.74 Å². The molecule has 47 heavy (non-hydrogen) atoms. The first-order valence-electron chi connectivity index (χ1n) is 17.3. The third-order valence-electron chi connectivity index (χ3n) is 10.8. The highest BCUT2D eigenvalue weighted by Gasteiger charge is 2.44. The highest BCUT2D eigenvalue weighted by Crippen LogP contribution is 2.45. The molecule has 3 aliphatic rings. The fourth-order valence-electron chi connectivity index (χ4n) is 7.50. The molecule has 0 bridgehead atoms. The van der Waals surface area contributed by atoms with Crippen LogP contribution in [0.5, 0.6) is 0 Å². The number of likely N-dealkylation sites (tertiary alicyclic amines) is 1. The van der Waals surface area contributed by atoms with Crippen molar-refractivity contribution in [3.63, 3.8) is 0 Å². The molecule has 4 rings (SSSR count). The molecule has 1 saturated carbocycles. The summed E-state index contributed by atoms with van der Waals surface area (Å²) in [6.07, 6.45) is 1.31. The van der Waals surface area contributed by atoms with Crippen molar-refractivity contribution in [2.75, 3.05) is 33.3 Å². The smallest absolute Gasteiger partial charge is 0.416 e. The first kappa shape index (κ1) is 37.4. The predicted molar refractivity (Wildman–Crippen MR) is 177 cm³/mol. The van der Waals surface area contributed by atoms with Crippen LogP contribution < -0.4 is 0 Å². The number of ketones is 1. The molecule has 1 saturated heterocycles. The minimum absolute atomic E-state index is 0.0172. The zero-order chi connectivity index (χ0) is 34.9. The second-order valence-corrected chi connectivity index (χ2v) is 16.1. The maximum atomic E-state index is 13.3. The molecule has 0 aromatic heterocycles. The van der Waals surface area contributed by atoms with Gasteiger partial charge in [-0.15, -0.1) is 0 Å². The number of ether oxygens (including phenoxy) is 1. The van der Waals surface area contributed by atoms with Crippen LogP contribution in [0, 0.1) is 35.0 Å². The predicted octanol–water partition coefficient (Wildman–Crippen LogP) is 7.59. The van der Waals surface area contributed by atoms with Crippen LogP contribution in [0.1, 0.15) is 91.7 Å². The monoisotopic (exact) mass is 663 g/mol. The van der Waals surface area contributed by atoms with Gasteiger partial charge in [0, 0.05) is 58.2 Å². The number of rotatable bonds is 11. The van der Waals surface area contributed by atoms with E-state index in [2.05, 4.69) is 50.8 Å². The molecule has 1 aliphatic heterocycles. The first-order valence-corrected chi connectivity index (χ1v) is 17.3. The molecule has 0 radical (unpaired) electrons. The third-order valence-corrected chi connectivity index (χ3v) is 10.8. The van der Waals surface area contributed by atoms with E-state index in [1.807, 2.05) is 20.8 Å². The lowest BCUT2D eigenvalue weighted by Crippen LogP contribution is -2.57. The van der Waals surface area contributed by atoms with E-state index in [1.54, 1.807) is 17.0 Å². The number of nitrogens with zero attached hydrogens (tertiary/aromatic N) is 3. The summed E-state index contributed by atoms with van der Waals surface area (Å²) < 4.78 is 45.5. The summed E-state index contributed by atoms with van der Waals surface area (Å²) in [4.78, 5) is 27.4. The fourth-order valence-corrected chi connectivity index (χ4v) is 7.50. The van der Waals surface area contributed by atoms with E-state index in [1.165, 1.54) is 5.57 Å². The van der Waals surface area contributed by atoms with Gasteiger partial charge >= 0.3 is 12.3 Å². The van der Waals surface area contributed by atoms with Crippen molar-refractivity contribution in [1.29, 1.82) is 0 Å². The third kappa shape index (κ3) is 9.18. The van der Waals surface area contributed by atoms with Crippen LogP contribution in [0.3, 0.4) is 0 Å². The zero-order valence-electron chi connectivity index (χ0n) is 29.6. The van der Waals surface area contributed by atoms with Gasteiger partial charge in [0.05, 0.1) is 5.56 Å². The van der Waals surface area contributed by atoms with Gasteiger partial charge in [-0.05, 0) is 93.2 Å². The standard InChI is InChI=1S/C37H56F3N3O4/c1-24(2)31(23-44)33-30-15-14-29(19-26(30)11-16-32(33)45)43(20-25-9-12-27(13-10-25)37(38,39)40)41(8)18-17-36(6,7)28-21-42(22-28)34(46)47-35(3,4)5/h9-10,12-13,15,24,26,28-29,31,33,44H,11,14,16-23H2,1-8H3/t26-,29?,31?,33-/m1/s1. The van der Waals surface area contributed by atoms with Crippen LogP contribution in [-0.2, 0) is 22.3 Å². The number of alkyl halides is 3. The molecule has 2 fully saturated rings. The molecular formula is C37H56F3N3O4. The number of aliphatic hydroxyl groups is 1. The van der Waals surface area contributed by atoms with Gasteiger partial charge in [-0.2, -0.15) is 13.2 Å². The minimum Gasteiger partial charge on any atom is -0.444 e. The lowest BCUT2D eigenvalue weighted by Gasteiger charge is -2.49. The second-order valence-electron chi connectivity index (χ2n) is 16.1. The van der Waals surface area contributed by atoms with E-state index >= 15 is 0 Å². The van der Waals surface area contributed by atoms with E-state index in [0.717, 1.165) is 49.9 Å². The van der Waals surface area contributed by atoms with Crippen LogP contribution in [0.2, 0.25) is 0 Å². The number of hydrogen-bond acceptors (Lipinski definition) is 6. The molecular weight excluding hydrogens is 607 g/mol. The molecule has 0 spiro atoms. The summed E-state index contributed by atoms with van der Waals surface area (Å²) in [6.45, 7) is 16.7. The minimum atomic E-state index is -4.39. The number of hydrogen-bond donors (Lipinski definition) is 1. The van der Waals surface area contributed by atoms with Gasteiger partial charge in [-0.25, -0.2) is 14.8 Å². The van der Waals surface area contributed by atoms with Crippen LogP contribution >= 0.6 is 0 Å². The Labute approximate surface area is 279 Å². The molecule has 1 aromatic rings. The van der Waals surface area contributed by atoms with Crippen molar-refractivity contribution >= 4 is 11.9 Å². The summed E-state index contributed by atoms with van der Waals surface area (Å²) >= 11 is 0. The molecule has 264 valence electrons. The average Bonchev–Trinajstić information content (AvgIpc) is 2.93. The van der Waals surface area contributed by atoms with Gasteiger partial charge in [-0.1, -0.05) is 51.5 Å². The average molecular weight is 664 g/mol. The van der Waals surface area contributed by atoms with Gasteiger partial charge in [0.1, 0.15) is 11.4 Å². The Bertz CT molecular complexity index is 1260. The summed E-state index contributed by atoms with van der Waals surface area (Å²) in [5.41, 5.74) is 0.746. The Morgan fingerprint density at radius 3 is 2.28 bits per heavy atom. The molecule has 2 unspecified atom stereocenters. The molecule has 2 aliphatic carbocycles. The van der Waals surface area contributed by atoms with Gasteiger partial charge in [-0.3, -0.25) is 4.79 Å². The highest BCUT2D eigenvalue weighted by molar-refractivity contribution is 5.85. The summed E-state index contributed by atoms with van der Waals surface area (Å²) in [5, 5.41) is 14.7. The van der Waals surface area contributed by atoms with Gasteiger partial charge in [0.2, 0.25) is 0 Å². The van der Waals surface area contributed by atoms with Gasteiger partial charge in [0.25, 0.3) is 0 Å². The normalized spacial score (nSPS) is 23.6. The van der Waals surface area contributed by atoms with Crippen molar-refractivity contribution < 1.29 is 32.6 Å². The molecule has 1 heterocycles. The number of allylic oxidation sites excluding steroid dienone is 1. The Kier molecular flexibility index (Phi) is 11.6. The molecule has 1 amide bonds. The lowest BCUT2D eigenvalue weighted by atomic mass is 9.64. The van der Waals surface area contributed by atoms with Crippen LogP contribution in [0.25, 0.3) is 0 Å². The number of Topliss-reactive ketones (excluding diaryl/α,β-unsaturated/α-hetero) is 1. The SMILES string of the molecule is CC(C)C(CO)[C@@H]1C(=O)CC[C@@H]2CC(N(Cc3ccc(C(F)(F)F)cc3)N(C)CCC(C)(C)C3CN(C(=O)OC(C)(C)C)C3)CC=C21. The number of hydrazine groups is 1. The topological polar surface area (TPSA) is 73.3 Å². The van der Waals surface area contributed by atoms with Crippen LogP contribution in [-0.4, -0.2) is 76.8 Å². The first-order chi connectivity index (χ1) is 21.8. The number of fused-ring (bicyclic) bond motifs is 1. The lowest BCUT2D eigenvalue weighted by molar-refractivity contribution is -0.137. The number of benzene rings is 1. The molecule has 1 N–H and O–H groups in total. The van der Waals surface area contributed by atoms with Gasteiger partial charge in [0.15, 0.2) is 0 Å². The highest BCUT2D eigenvalue weighted by atomic mass is 19.4. The number of aliphatic hydroxyl groups excluding tert-OH is 1. The Morgan fingerprint density at radius 2 is 1.72 bits per heavy atom. The fraction of sp³-hybridized carbons (Fsp3) is 0.730.